The second kappa shape index (κ2) is 9.46. The lowest BCUT2D eigenvalue weighted by atomic mass is 10.4. The Hall–Kier alpha value is -1.48. The fourth-order valence-electron chi connectivity index (χ4n) is 1.47. The van der Waals surface area contributed by atoms with Gasteiger partial charge in [-0.15, -0.1) is 0 Å². The zero-order valence-electron chi connectivity index (χ0n) is 11.6. The molecular formula is C13H20N2O5S. The Balaban J connectivity index is 2.24. The average Bonchev–Trinajstić information content (AvgIpc) is 2.50. The van der Waals surface area contributed by atoms with Crippen molar-refractivity contribution in [1.82, 2.24) is 10.0 Å². The number of hydrogen-bond acceptors (Lipinski definition) is 5. The molecule has 0 aliphatic rings. The molecule has 0 radical (unpaired) electrons. The van der Waals surface area contributed by atoms with Crippen LogP contribution in [0.2, 0.25) is 0 Å². The van der Waals surface area contributed by atoms with Crippen LogP contribution in [0.25, 0.3) is 0 Å². The van der Waals surface area contributed by atoms with Crippen molar-refractivity contribution in [3.63, 3.8) is 0 Å². The van der Waals surface area contributed by atoms with Crippen LogP contribution in [-0.4, -0.2) is 52.3 Å². The van der Waals surface area contributed by atoms with Gasteiger partial charge in [-0.2, -0.15) is 0 Å². The van der Waals surface area contributed by atoms with Crippen molar-refractivity contribution in [1.29, 1.82) is 0 Å². The molecule has 0 atom stereocenters. The highest BCUT2D eigenvalue weighted by atomic mass is 32.2. The van der Waals surface area contributed by atoms with E-state index in [-0.39, 0.29) is 24.7 Å². The minimum absolute atomic E-state index is 0.0341. The van der Waals surface area contributed by atoms with Gasteiger partial charge in [0.2, 0.25) is 15.9 Å². The largest absolute Gasteiger partial charge is 0.394 e. The summed E-state index contributed by atoms with van der Waals surface area (Å²) in [4.78, 5) is 11.6. The molecule has 0 fully saturated rings. The first kappa shape index (κ1) is 17.6. The molecule has 3 N–H and O–H groups in total. The van der Waals surface area contributed by atoms with Gasteiger partial charge in [0.25, 0.3) is 0 Å². The molecule has 0 saturated heterocycles. The molecule has 0 aliphatic carbocycles. The summed E-state index contributed by atoms with van der Waals surface area (Å²) in [5.41, 5.74) is 0. The molecule has 1 aromatic carbocycles. The van der Waals surface area contributed by atoms with Gasteiger partial charge >= 0.3 is 0 Å². The number of nitrogens with one attached hydrogen (secondary N) is 2. The molecule has 1 aromatic rings. The zero-order chi connectivity index (χ0) is 15.6. The molecule has 7 nitrogen and oxygen atoms in total. The van der Waals surface area contributed by atoms with Gasteiger partial charge in [0.05, 0.1) is 24.7 Å². The summed E-state index contributed by atoms with van der Waals surface area (Å²) >= 11 is 0. The first-order valence-corrected chi connectivity index (χ1v) is 8.04. The maximum Gasteiger partial charge on any atom is 0.241 e. The maximum atomic E-state index is 11.9. The Kier molecular flexibility index (Phi) is 7.91. The molecule has 0 bridgehead atoms. The van der Waals surface area contributed by atoms with E-state index in [4.69, 9.17) is 9.84 Å². The van der Waals surface area contributed by atoms with E-state index in [1.54, 1.807) is 18.2 Å². The number of benzene rings is 1. The van der Waals surface area contributed by atoms with Crippen molar-refractivity contribution < 1.29 is 23.1 Å². The molecule has 0 unspecified atom stereocenters. The van der Waals surface area contributed by atoms with Gasteiger partial charge in [-0.05, 0) is 18.6 Å². The van der Waals surface area contributed by atoms with Crippen molar-refractivity contribution in [2.75, 3.05) is 32.9 Å². The van der Waals surface area contributed by atoms with E-state index in [0.29, 0.717) is 19.6 Å². The molecule has 21 heavy (non-hydrogen) atoms. The molecule has 0 aliphatic heterocycles. The molecule has 1 amide bonds. The molecule has 0 heterocycles. The van der Waals surface area contributed by atoms with E-state index in [9.17, 15) is 13.2 Å². The normalized spacial score (nSPS) is 11.3. The van der Waals surface area contributed by atoms with Crippen LogP contribution in [0.15, 0.2) is 35.2 Å². The third-order valence-corrected chi connectivity index (χ3v) is 3.92. The minimum Gasteiger partial charge on any atom is -0.394 e. The quantitative estimate of drug-likeness (QED) is 0.504. The predicted molar refractivity (Wildman–Crippen MR) is 77.2 cm³/mol. The van der Waals surface area contributed by atoms with Gasteiger partial charge in [-0.3, -0.25) is 4.79 Å². The van der Waals surface area contributed by atoms with Crippen molar-refractivity contribution in [3.8, 4) is 0 Å². The van der Waals surface area contributed by atoms with E-state index in [1.807, 2.05) is 0 Å². The number of ether oxygens (including phenoxy) is 1. The lowest BCUT2D eigenvalue weighted by Gasteiger charge is -2.08. The topological polar surface area (TPSA) is 105 Å². The van der Waals surface area contributed by atoms with Crippen LogP contribution in [0, 0.1) is 0 Å². The van der Waals surface area contributed by atoms with Gasteiger partial charge < -0.3 is 15.2 Å². The molecule has 8 heteroatoms. The van der Waals surface area contributed by atoms with E-state index in [0.717, 1.165) is 0 Å². The Morgan fingerprint density at radius 1 is 1.19 bits per heavy atom. The Morgan fingerprint density at radius 3 is 2.57 bits per heavy atom. The molecule has 0 spiro atoms. The summed E-state index contributed by atoms with van der Waals surface area (Å²) in [7, 11) is -3.66. The van der Waals surface area contributed by atoms with E-state index >= 15 is 0 Å². The number of carbonyl (C=O) groups is 1. The van der Waals surface area contributed by atoms with Crippen molar-refractivity contribution in [3.05, 3.63) is 30.3 Å². The number of aliphatic hydroxyl groups excluding tert-OH is 1. The molecule has 118 valence electrons. The number of sulfonamides is 1. The molecule has 0 aromatic heterocycles. The predicted octanol–water partition coefficient (Wildman–Crippen LogP) is -0.520. The lowest BCUT2D eigenvalue weighted by molar-refractivity contribution is -0.120. The summed E-state index contributed by atoms with van der Waals surface area (Å²) in [6.07, 6.45) is 0.594. The van der Waals surface area contributed by atoms with Crippen LogP contribution in [0.5, 0.6) is 0 Å². The second-order valence-corrected chi connectivity index (χ2v) is 5.94. The van der Waals surface area contributed by atoms with Crippen molar-refractivity contribution in [2.24, 2.45) is 0 Å². The second-order valence-electron chi connectivity index (χ2n) is 4.18. The van der Waals surface area contributed by atoms with Crippen molar-refractivity contribution in [2.45, 2.75) is 11.3 Å². The summed E-state index contributed by atoms with van der Waals surface area (Å²) in [6, 6.07) is 7.85. The number of carbonyl (C=O) groups excluding carboxylic acids is 1. The highest BCUT2D eigenvalue weighted by molar-refractivity contribution is 7.89. The molecule has 1 rings (SSSR count). The first-order chi connectivity index (χ1) is 10.1. The van der Waals surface area contributed by atoms with Gasteiger partial charge in [0.1, 0.15) is 0 Å². The fourth-order valence-corrected chi connectivity index (χ4v) is 2.48. The Labute approximate surface area is 124 Å². The van der Waals surface area contributed by atoms with Crippen LogP contribution >= 0.6 is 0 Å². The molecule has 0 saturated carbocycles. The number of aliphatic hydroxyl groups is 1. The van der Waals surface area contributed by atoms with E-state index < -0.39 is 15.9 Å². The third-order valence-electron chi connectivity index (χ3n) is 2.50. The smallest absolute Gasteiger partial charge is 0.241 e. The van der Waals surface area contributed by atoms with Crippen LogP contribution < -0.4 is 10.0 Å². The average molecular weight is 316 g/mol. The zero-order valence-corrected chi connectivity index (χ0v) is 12.4. The number of amides is 1. The first-order valence-electron chi connectivity index (χ1n) is 6.56. The fraction of sp³-hybridized carbons (Fsp3) is 0.462. The van der Waals surface area contributed by atoms with E-state index in [2.05, 4.69) is 10.0 Å². The van der Waals surface area contributed by atoms with Crippen molar-refractivity contribution >= 4 is 15.9 Å². The number of rotatable bonds is 10. The molecular weight excluding hydrogens is 296 g/mol. The van der Waals surface area contributed by atoms with Gasteiger partial charge in [-0.1, -0.05) is 18.2 Å². The van der Waals surface area contributed by atoms with Crippen LogP contribution in [-0.2, 0) is 19.6 Å². The monoisotopic (exact) mass is 316 g/mol. The van der Waals surface area contributed by atoms with Gasteiger partial charge in [-0.25, -0.2) is 13.1 Å². The number of hydrogen-bond donors (Lipinski definition) is 3. The van der Waals surface area contributed by atoms with Gasteiger partial charge in [0, 0.05) is 13.2 Å². The highest BCUT2D eigenvalue weighted by Crippen LogP contribution is 2.06. The Morgan fingerprint density at radius 2 is 1.90 bits per heavy atom. The summed E-state index contributed by atoms with van der Waals surface area (Å²) < 4.78 is 31.0. The maximum absolute atomic E-state index is 11.9. The van der Waals surface area contributed by atoms with Gasteiger partial charge in [0.15, 0.2) is 0 Å². The third kappa shape index (κ3) is 7.19. The lowest BCUT2D eigenvalue weighted by Crippen LogP contribution is -2.37. The van der Waals surface area contributed by atoms with Crippen LogP contribution in [0.3, 0.4) is 0 Å². The van der Waals surface area contributed by atoms with Crippen LogP contribution in [0.4, 0.5) is 0 Å². The minimum atomic E-state index is -3.66. The summed E-state index contributed by atoms with van der Waals surface area (Å²) in [5, 5.41) is 11.1. The SMILES string of the molecule is O=C(CNS(=O)(=O)c1ccccc1)NCCCOCCO. The summed E-state index contributed by atoms with van der Waals surface area (Å²) in [5.74, 6) is -0.406. The highest BCUT2D eigenvalue weighted by Gasteiger charge is 2.14. The summed E-state index contributed by atoms with van der Waals surface area (Å²) in [6.45, 7) is 0.737. The van der Waals surface area contributed by atoms with E-state index in [1.165, 1.54) is 12.1 Å². The van der Waals surface area contributed by atoms with Crippen LogP contribution in [0.1, 0.15) is 6.42 Å². The standard InChI is InChI=1S/C13H20N2O5S/c16-8-10-20-9-4-7-14-13(17)11-15-21(18,19)12-5-2-1-3-6-12/h1-3,5-6,15-16H,4,7-11H2,(H,14,17). The Bertz CT molecular complexity index is 519.